The average Bonchev–Trinajstić information content (AvgIpc) is 3.14. The Labute approximate surface area is 163 Å². The topological polar surface area (TPSA) is 34.1 Å². The first kappa shape index (κ1) is 21.5. The smallest absolute Gasteiger partial charge is 0.120 e. The van der Waals surface area contributed by atoms with Gasteiger partial charge in [0, 0.05) is 12.8 Å². The first-order valence-corrected chi connectivity index (χ1v) is 10.7. The van der Waals surface area contributed by atoms with E-state index in [1.807, 2.05) is 0 Å². The monoisotopic (exact) mass is 400 g/mol. The van der Waals surface area contributed by atoms with Crippen LogP contribution in [0.1, 0.15) is 48.9 Å². The first-order valence-electron chi connectivity index (χ1n) is 8.02. The van der Waals surface area contributed by atoms with Crippen molar-refractivity contribution in [3.8, 4) is 0 Å². The number of aryl methyl sites for hydroxylation is 2. The van der Waals surface area contributed by atoms with Gasteiger partial charge in [0.15, 0.2) is 0 Å². The van der Waals surface area contributed by atoms with Crippen molar-refractivity contribution >= 4 is 60.5 Å². The zero-order valence-electron chi connectivity index (χ0n) is 14.1. The van der Waals surface area contributed by atoms with Gasteiger partial charge in [0.25, 0.3) is 0 Å². The quantitative estimate of drug-likeness (QED) is 0.456. The molecule has 0 saturated carbocycles. The lowest BCUT2D eigenvalue weighted by molar-refractivity contribution is -0.108. The van der Waals surface area contributed by atoms with Gasteiger partial charge >= 0.3 is 0 Å². The van der Waals surface area contributed by atoms with Crippen LogP contribution < -0.4 is 0 Å². The van der Waals surface area contributed by atoms with E-state index in [-0.39, 0.29) is 0 Å². The Bertz CT molecular complexity index is 592. The molecule has 0 aliphatic rings. The molecule has 0 spiro atoms. The van der Waals surface area contributed by atoms with E-state index in [0.717, 1.165) is 46.7 Å². The predicted octanol–water partition coefficient (Wildman–Crippen LogP) is 5.46. The fourth-order valence-corrected chi connectivity index (χ4v) is 5.67. The highest BCUT2D eigenvalue weighted by atomic mass is 32.2. The van der Waals surface area contributed by atoms with Crippen LogP contribution in [0.25, 0.3) is 0 Å². The van der Waals surface area contributed by atoms with Crippen molar-refractivity contribution in [2.24, 2.45) is 0 Å². The zero-order valence-corrected chi connectivity index (χ0v) is 17.5. The van der Waals surface area contributed by atoms with E-state index in [4.69, 9.17) is 0 Å². The molecule has 2 aromatic heterocycles. The molecular formula is C18H24O2S4. The summed E-state index contributed by atoms with van der Waals surface area (Å²) in [4.78, 5) is 20.3. The van der Waals surface area contributed by atoms with Gasteiger partial charge in [-0.3, -0.25) is 0 Å². The molecule has 24 heavy (non-hydrogen) atoms. The number of aldehydes is 2. The highest BCUT2D eigenvalue weighted by Gasteiger charge is 2.10. The summed E-state index contributed by atoms with van der Waals surface area (Å²) >= 11 is 12.1. The Morgan fingerprint density at radius 2 is 1.29 bits per heavy atom. The lowest BCUT2D eigenvalue weighted by atomic mass is 10.1. The largest absolute Gasteiger partial charge is 0.303 e. The van der Waals surface area contributed by atoms with E-state index < -0.39 is 0 Å². The molecule has 0 fully saturated rings. The average molecular weight is 401 g/mol. The maximum Gasteiger partial charge on any atom is 0.120 e. The Morgan fingerprint density at radius 1 is 0.875 bits per heavy atom. The van der Waals surface area contributed by atoms with E-state index in [0.29, 0.717) is 12.8 Å². The lowest BCUT2D eigenvalue weighted by Gasteiger charge is -1.98. The van der Waals surface area contributed by atoms with Crippen molar-refractivity contribution < 1.29 is 9.59 Å². The Kier molecular flexibility index (Phi) is 10.7. The second-order valence-electron chi connectivity index (χ2n) is 5.21. The van der Waals surface area contributed by atoms with Crippen LogP contribution in [0.5, 0.6) is 0 Å². The van der Waals surface area contributed by atoms with Gasteiger partial charge in [0.2, 0.25) is 0 Å². The molecule has 0 amide bonds. The second-order valence-corrected chi connectivity index (χ2v) is 8.47. The number of thiophene rings is 2. The molecular weight excluding hydrogens is 376 g/mol. The highest BCUT2D eigenvalue weighted by Crippen LogP contribution is 2.34. The molecule has 0 bridgehead atoms. The lowest BCUT2D eigenvalue weighted by Crippen LogP contribution is -1.91. The third-order valence-corrected chi connectivity index (χ3v) is 6.49. The molecule has 0 atom stereocenters. The summed E-state index contributed by atoms with van der Waals surface area (Å²) in [6, 6.07) is 0. The summed E-state index contributed by atoms with van der Waals surface area (Å²) in [5.41, 5.74) is 5.20. The predicted molar refractivity (Wildman–Crippen MR) is 111 cm³/mol. The number of rotatable bonds is 8. The normalized spacial score (nSPS) is 10.2. The molecule has 0 aliphatic heterocycles. The van der Waals surface area contributed by atoms with Crippen LogP contribution in [-0.2, 0) is 35.3 Å². The summed E-state index contributed by atoms with van der Waals surface area (Å²) in [5, 5.41) is 4.12. The molecule has 132 valence electrons. The van der Waals surface area contributed by atoms with Crippen molar-refractivity contribution in [3.63, 3.8) is 0 Å². The van der Waals surface area contributed by atoms with E-state index in [2.05, 4.69) is 49.9 Å². The number of thiol groups is 2. The van der Waals surface area contributed by atoms with Crippen LogP contribution in [0.15, 0.2) is 19.2 Å². The molecule has 2 aromatic rings. The highest BCUT2D eigenvalue weighted by molar-refractivity contribution is 7.85. The van der Waals surface area contributed by atoms with E-state index in [9.17, 15) is 9.59 Å². The first-order chi connectivity index (χ1) is 11.6. The van der Waals surface area contributed by atoms with Crippen LogP contribution in [0.3, 0.4) is 0 Å². The summed E-state index contributed by atoms with van der Waals surface area (Å²) < 4.78 is 2.27. The molecule has 6 heteroatoms. The van der Waals surface area contributed by atoms with E-state index in [1.54, 1.807) is 22.7 Å². The van der Waals surface area contributed by atoms with Gasteiger partial charge in [0.1, 0.15) is 12.6 Å². The fourth-order valence-electron chi connectivity index (χ4n) is 2.42. The maximum atomic E-state index is 10.2. The third-order valence-electron chi connectivity index (χ3n) is 3.68. The van der Waals surface area contributed by atoms with Gasteiger partial charge in [0.05, 0.1) is 8.42 Å². The van der Waals surface area contributed by atoms with Crippen LogP contribution in [0.4, 0.5) is 0 Å². The minimum absolute atomic E-state index is 0.574. The summed E-state index contributed by atoms with van der Waals surface area (Å²) in [6.45, 7) is 4.32. The van der Waals surface area contributed by atoms with Gasteiger partial charge < -0.3 is 9.59 Å². The SMILES string of the molecule is CCc1c(S)sc(S)c1CC.O=CCCc1cscc1CCC=O. The number of carbonyl (C=O) groups excluding carboxylic acids is 2. The van der Waals surface area contributed by atoms with Gasteiger partial charge in [-0.2, -0.15) is 11.3 Å². The van der Waals surface area contributed by atoms with Crippen molar-refractivity contribution in [2.75, 3.05) is 0 Å². The Balaban J connectivity index is 0.000000243. The van der Waals surface area contributed by atoms with Crippen LogP contribution >= 0.6 is 47.9 Å². The molecule has 2 nitrogen and oxygen atoms in total. The minimum Gasteiger partial charge on any atom is -0.303 e. The Hall–Kier alpha value is -0.560. The van der Waals surface area contributed by atoms with Gasteiger partial charge in [-0.1, -0.05) is 13.8 Å². The molecule has 0 N–H and O–H groups in total. The van der Waals surface area contributed by atoms with Crippen molar-refractivity contribution in [1.82, 2.24) is 0 Å². The fraction of sp³-hybridized carbons (Fsp3) is 0.444. The molecule has 0 unspecified atom stereocenters. The summed E-state index contributed by atoms with van der Waals surface area (Å²) in [6.07, 6.45) is 6.76. The number of hydrogen-bond donors (Lipinski definition) is 2. The second kappa shape index (κ2) is 11.9. The Morgan fingerprint density at radius 3 is 1.62 bits per heavy atom. The summed E-state index contributed by atoms with van der Waals surface area (Å²) in [7, 11) is 0. The van der Waals surface area contributed by atoms with Crippen LogP contribution in [-0.4, -0.2) is 12.6 Å². The van der Waals surface area contributed by atoms with Crippen LogP contribution in [0.2, 0.25) is 0 Å². The molecule has 0 aliphatic carbocycles. The van der Waals surface area contributed by atoms with Crippen molar-refractivity contribution in [3.05, 3.63) is 33.0 Å². The van der Waals surface area contributed by atoms with Gasteiger partial charge in [-0.25, -0.2) is 0 Å². The van der Waals surface area contributed by atoms with E-state index in [1.165, 1.54) is 22.3 Å². The number of carbonyl (C=O) groups is 2. The van der Waals surface area contributed by atoms with Gasteiger partial charge in [-0.05, 0) is 58.7 Å². The molecule has 2 rings (SSSR count). The molecule has 0 saturated heterocycles. The minimum atomic E-state index is 0.574. The molecule has 2 heterocycles. The zero-order chi connectivity index (χ0) is 17.9. The van der Waals surface area contributed by atoms with Crippen LogP contribution in [0, 0.1) is 0 Å². The number of hydrogen-bond acceptors (Lipinski definition) is 6. The standard InChI is InChI=1S/C10H12O2S.C8H12S3/c11-5-1-3-9-7-13-8-10(9)4-2-6-12;1-3-5-6(4-2)8(10)11-7(5)9/h5-8H,1-4H2;9-10H,3-4H2,1-2H3. The van der Waals surface area contributed by atoms with Crippen molar-refractivity contribution in [1.29, 1.82) is 0 Å². The van der Waals surface area contributed by atoms with Crippen molar-refractivity contribution in [2.45, 2.75) is 60.8 Å². The molecule has 0 aromatic carbocycles. The van der Waals surface area contributed by atoms with E-state index >= 15 is 0 Å². The van der Waals surface area contributed by atoms with Gasteiger partial charge in [-0.15, -0.1) is 36.6 Å². The maximum absolute atomic E-state index is 10.2. The third kappa shape index (κ3) is 6.39. The summed E-state index contributed by atoms with van der Waals surface area (Å²) in [5.74, 6) is 0. The molecule has 0 radical (unpaired) electrons.